The Balaban J connectivity index is 3.22. The molecule has 2 N–H and O–H groups in total. The number of ether oxygens (including phenoxy) is 1. The molecule has 0 amide bonds. The van der Waals surface area contributed by atoms with Crippen LogP contribution in [0.4, 0.5) is 5.69 Å². The van der Waals surface area contributed by atoms with Gasteiger partial charge >= 0.3 is 16.2 Å². The van der Waals surface area contributed by atoms with Gasteiger partial charge in [-0.2, -0.15) is 12.7 Å². The Labute approximate surface area is 118 Å². The molecule has 1 aromatic rings. The van der Waals surface area contributed by atoms with Gasteiger partial charge in [-0.3, -0.25) is 4.72 Å². The van der Waals surface area contributed by atoms with Crippen LogP contribution >= 0.6 is 0 Å². The Morgan fingerprint density at radius 1 is 1.40 bits per heavy atom. The van der Waals surface area contributed by atoms with E-state index in [4.69, 9.17) is 9.84 Å². The molecule has 0 aromatic heterocycles. The van der Waals surface area contributed by atoms with Crippen molar-refractivity contribution in [2.45, 2.75) is 19.9 Å². The normalized spacial score (nSPS) is 11.7. The maximum absolute atomic E-state index is 12.1. The SMILES string of the molecule is COc1ccc(C(=O)O)c(NS(=O)(=O)N(C)C(C)C)c1. The summed E-state index contributed by atoms with van der Waals surface area (Å²) in [6.07, 6.45) is 0. The summed E-state index contributed by atoms with van der Waals surface area (Å²) in [5.74, 6) is -0.863. The number of carboxylic acid groups (broad SMARTS) is 1. The Kier molecular flexibility index (Phi) is 4.96. The predicted octanol–water partition coefficient (Wildman–Crippen LogP) is 1.39. The summed E-state index contributed by atoms with van der Waals surface area (Å²) in [6, 6.07) is 3.81. The van der Waals surface area contributed by atoms with Crippen molar-refractivity contribution in [3.63, 3.8) is 0 Å². The third-order valence-electron chi connectivity index (χ3n) is 2.80. The van der Waals surface area contributed by atoms with Crippen LogP contribution in [0, 0.1) is 0 Å². The summed E-state index contributed by atoms with van der Waals surface area (Å²) in [7, 11) is -1.01. The summed E-state index contributed by atoms with van der Waals surface area (Å²) >= 11 is 0. The van der Waals surface area contributed by atoms with Crippen LogP contribution in [0.25, 0.3) is 0 Å². The summed E-state index contributed by atoms with van der Waals surface area (Å²) in [5.41, 5.74) is -0.184. The van der Waals surface area contributed by atoms with Gasteiger partial charge in [-0.15, -0.1) is 0 Å². The quantitative estimate of drug-likeness (QED) is 0.828. The number of aromatic carboxylic acids is 1. The molecule has 0 atom stereocenters. The molecular weight excluding hydrogens is 284 g/mol. The van der Waals surface area contributed by atoms with E-state index in [1.54, 1.807) is 13.8 Å². The zero-order chi connectivity index (χ0) is 15.5. The fourth-order valence-corrected chi connectivity index (χ4v) is 2.56. The van der Waals surface area contributed by atoms with Crippen LogP contribution < -0.4 is 9.46 Å². The van der Waals surface area contributed by atoms with Crippen LogP contribution in [-0.2, 0) is 10.2 Å². The third kappa shape index (κ3) is 3.61. The summed E-state index contributed by atoms with van der Waals surface area (Å²) in [4.78, 5) is 11.1. The van der Waals surface area contributed by atoms with Crippen LogP contribution in [0.15, 0.2) is 18.2 Å². The monoisotopic (exact) mass is 302 g/mol. The predicted molar refractivity (Wildman–Crippen MR) is 75.4 cm³/mol. The van der Waals surface area contributed by atoms with Gasteiger partial charge in [0.15, 0.2) is 0 Å². The minimum absolute atomic E-state index is 0.0376. The topological polar surface area (TPSA) is 95.9 Å². The second-order valence-corrected chi connectivity index (χ2v) is 6.16. The van der Waals surface area contributed by atoms with Gasteiger partial charge in [0.2, 0.25) is 0 Å². The lowest BCUT2D eigenvalue weighted by Gasteiger charge is -2.22. The van der Waals surface area contributed by atoms with Crippen molar-refractivity contribution in [2.24, 2.45) is 0 Å². The number of nitrogens with zero attached hydrogens (tertiary/aromatic N) is 1. The van der Waals surface area contributed by atoms with Crippen molar-refractivity contribution < 1.29 is 23.1 Å². The van der Waals surface area contributed by atoms with Gasteiger partial charge < -0.3 is 9.84 Å². The van der Waals surface area contributed by atoms with Crippen LogP contribution in [0.3, 0.4) is 0 Å². The van der Waals surface area contributed by atoms with Gasteiger partial charge in [0, 0.05) is 19.2 Å². The summed E-state index contributed by atoms with van der Waals surface area (Å²) in [6.45, 7) is 3.42. The van der Waals surface area contributed by atoms with E-state index in [1.807, 2.05) is 0 Å². The molecule has 1 aromatic carbocycles. The fourth-order valence-electron chi connectivity index (χ4n) is 1.41. The smallest absolute Gasteiger partial charge is 0.337 e. The van der Waals surface area contributed by atoms with Crippen LogP contribution in [0.1, 0.15) is 24.2 Å². The number of hydrogen-bond donors (Lipinski definition) is 2. The van der Waals surface area contributed by atoms with Gasteiger partial charge in [-0.25, -0.2) is 4.79 Å². The minimum Gasteiger partial charge on any atom is -0.497 e. The summed E-state index contributed by atoms with van der Waals surface area (Å²) < 4.78 is 32.5. The maximum Gasteiger partial charge on any atom is 0.337 e. The van der Waals surface area contributed by atoms with E-state index in [-0.39, 0.29) is 17.3 Å². The van der Waals surface area contributed by atoms with Crippen LogP contribution in [-0.4, -0.2) is 44.0 Å². The molecular formula is C12H18N2O5S. The Hall–Kier alpha value is -1.80. The lowest BCUT2D eigenvalue weighted by molar-refractivity contribution is 0.0698. The van der Waals surface area contributed by atoms with E-state index in [2.05, 4.69) is 4.72 Å². The van der Waals surface area contributed by atoms with Gasteiger partial charge in [0.1, 0.15) is 5.75 Å². The standard InChI is InChI=1S/C12H18N2O5S/c1-8(2)14(3)20(17,18)13-11-7-9(19-4)5-6-10(11)12(15)16/h5-8,13H,1-4H3,(H,15,16). The highest BCUT2D eigenvalue weighted by molar-refractivity contribution is 7.90. The minimum atomic E-state index is -3.83. The number of rotatable bonds is 6. The number of hydrogen-bond acceptors (Lipinski definition) is 4. The highest BCUT2D eigenvalue weighted by Crippen LogP contribution is 2.24. The molecule has 1 rings (SSSR count). The molecule has 0 spiro atoms. The molecule has 0 radical (unpaired) electrons. The molecule has 7 nitrogen and oxygen atoms in total. The van der Waals surface area contributed by atoms with Crippen molar-refractivity contribution in [2.75, 3.05) is 18.9 Å². The van der Waals surface area contributed by atoms with Crippen molar-refractivity contribution in [1.29, 1.82) is 0 Å². The molecule has 0 aliphatic heterocycles. The van der Waals surface area contributed by atoms with E-state index >= 15 is 0 Å². The molecule has 0 saturated heterocycles. The van der Waals surface area contributed by atoms with Crippen LogP contribution in [0.5, 0.6) is 5.75 Å². The number of nitrogens with one attached hydrogen (secondary N) is 1. The number of methoxy groups -OCH3 is 1. The first kappa shape index (κ1) is 16.3. The first-order valence-corrected chi connectivity index (χ1v) is 7.30. The van der Waals surface area contributed by atoms with Crippen molar-refractivity contribution in [3.8, 4) is 5.75 Å². The first-order valence-electron chi connectivity index (χ1n) is 5.86. The second-order valence-electron chi connectivity index (χ2n) is 4.43. The lowest BCUT2D eigenvalue weighted by atomic mass is 10.2. The largest absolute Gasteiger partial charge is 0.497 e. The average Bonchev–Trinajstić information content (AvgIpc) is 2.36. The molecule has 0 aliphatic rings. The van der Waals surface area contributed by atoms with Gasteiger partial charge in [-0.05, 0) is 26.0 Å². The van der Waals surface area contributed by atoms with E-state index < -0.39 is 16.2 Å². The van der Waals surface area contributed by atoms with Crippen LogP contribution in [0.2, 0.25) is 0 Å². The molecule has 0 saturated carbocycles. The van der Waals surface area contributed by atoms with Gasteiger partial charge in [-0.1, -0.05) is 0 Å². The Morgan fingerprint density at radius 2 is 2.00 bits per heavy atom. The van der Waals surface area contributed by atoms with Gasteiger partial charge in [0.05, 0.1) is 18.4 Å². The molecule has 0 aliphatic carbocycles. The van der Waals surface area contributed by atoms with E-state index in [0.29, 0.717) is 5.75 Å². The molecule has 0 unspecified atom stereocenters. The Bertz CT molecular complexity index is 598. The van der Waals surface area contributed by atoms with E-state index in [0.717, 1.165) is 4.31 Å². The zero-order valence-corrected chi connectivity index (χ0v) is 12.6. The molecule has 8 heteroatoms. The lowest BCUT2D eigenvalue weighted by Crippen LogP contribution is -2.37. The second kappa shape index (κ2) is 6.10. The highest BCUT2D eigenvalue weighted by Gasteiger charge is 2.23. The summed E-state index contributed by atoms with van der Waals surface area (Å²) in [5, 5.41) is 9.08. The number of carboxylic acids is 1. The Morgan fingerprint density at radius 3 is 2.45 bits per heavy atom. The number of carbonyl (C=O) groups is 1. The number of benzene rings is 1. The van der Waals surface area contributed by atoms with E-state index in [1.165, 1.54) is 32.4 Å². The van der Waals surface area contributed by atoms with Crippen molar-refractivity contribution in [3.05, 3.63) is 23.8 Å². The molecule has 0 heterocycles. The maximum atomic E-state index is 12.1. The van der Waals surface area contributed by atoms with E-state index in [9.17, 15) is 13.2 Å². The zero-order valence-electron chi connectivity index (χ0n) is 11.7. The molecule has 0 fully saturated rings. The molecule has 0 bridgehead atoms. The third-order valence-corrected chi connectivity index (χ3v) is 4.46. The highest BCUT2D eigenvalue weighted by atomic mass is 32.2. The molecule has 20 heavy (non-hydrogen) atoms. The van der Waals surface area contributed by atoms with Gasteiger partial charge in [0.25, 0.3) is 0 Å². The average molecular weight is 302 g/mol. The van der Waals surface area contributed by atoms with Crippen molar-refractivity contribution >= 4 is 21.9 Å². The molecule has 112 valence electrons. The number of anilines is 1. The fraction of sp³-hybridized carbons (Fsp3) is 0.417. The van der Waals surface area contributed by atoms with Crippen molar-refractivity contribution in [1.82, 2.24) is 4.31 Å². The first-order chi connectivity index (χ1) is 9.19.